The third-order valence-electron chi connectivity index (χ3n) is 2.59. The van der Waals surface area contributed by atoms with Crippen LogP contribution in [0.1, 0.15) is 16.8 Å². The normalized spacial score (nSPS) is 18.0. The van der Waals surface area contributed by atoms with Crippen molar-refractivity contribution >= 4 is 11.8 Å². The number of esters is 1. The van der Waals surface area contributed by atoms with Gasteiger partial charge < -0.3 is 14.2 Å². The number of rotatable bonds is 4. The molecule has 0 radical (unpaired) electrons. The quantitative estimate of drug-likeness (QED) is 0.580. The summed E-state index contributed by atoms with van der Waals surface area (Å²) in [4.78, 5) is 22.5. The Labute approximate surface area is 98.3 Å². The molecule has 0 N–H and O–H groups in total. The maximum atomic E-state index is 11.9. The van der Waals surface area contributed by atoms with Crippen molar-refractivity contribution < 1.29 is 23.8 Å². The largest absolute Gasteiger partial charge is 0.493 e. The van der Waals surface area contributed by atoms with E-state index in [1.54, 1.807) is 18.2 Å². The monoisotopic (exact) mass is 236 g/mol. The average Bonchev–Trinajstić information content (AvgIpc) is 2.33. The molecule has 5 heteroatoms. The highest BCUT2D eigenvalue weighted by Crippen LogP contribution is 2.29. The second kappa shape index (κ2) is 4.45. The van der Waals surface area contributed by atoms with E-state index in [0.29, 0.717) is 17.1 Å². The van der Waals surface area contributed by atoms with Crippen LogP contribution >= 0.6 is 0 Å². The van der Waals surface area contributed by atoms with E-state index >= 15 is 0 Å². The van der Waals surface area contributed by atoms with Crippen molar-refractivity contribution in [1.82, 2.24) is 0 Å². The first-order valence-electron chi connectivity index (χ1n) is 5.11. The van der Waals surface area contributed by atoms with Crippen LogP contribution in [0, 0.1) is 0 Å². The maximum absolute atomic E-state index is 11.9. The Kier molecular flexibility index (Phi) is 2.99. The molecule has 17 heavy (non-hydrogen) atoms. The van der Waals surface area contributed by atoms with Crippen LogP contribution in [-0.4, -0.2) is 32.1 Å². The standard InChI is InChI=1S/C12H12O5/c1-15-8-4-3-7(5-9(8)16-2)12(14)10-6-11(13)17-10/h3-5,10H,6H2,1-2H3. The van der Waals surface area contributed by atoms with Gasteiger partial charge in [-0.05, 0) is 18.2 Å². The van der Waals surface area contributed by atoms with Gasteiger partial charge in [0.2, 0.25) is 5.78 Å². The van der Waals surface area contributed by atoms with Crippen molar-refractivity contribution in [2.45, 2.75) is 12.5 Å². The van der Waals surface area contributed by atoms with Crippen LogP contribution in [0.15, 0.2) is 18.2 Å². The van der Waals surface area contributed by atoms with Gasteiger partial charge in [0, 0.05) is 5.56 Å². The Morgan fingerprint density at radius 2 is 1.94 bits per heavy atom. The topological polar surface area (TPSA) is 61.8 Å². The lowest BCUT2D eigenvalue weighted by Gasteiger charge is -2.24. The number of carbonyl (C=O) groups excluding carboxylic acids is 2. The predicted octanol–water partition coefficient (Wildman–Crippen LogP) is 1.20. The van der Waals surface area contributed by atoms with Crippen molar-refractivity contribution in [2.75, 3.05) is 14.2 Å². The molecule has 0 aromatic heterocycles. The summed E-state index contributed by atoms with van der Waals surface area (Å²) in [5.41, 5.74) is 0.445. The highest BCUT2D eigenvalue weighted by molar-refractivity contribution is 6.04. The number of hydrogen-bond donors (Lipinski definition) is 0. The minimum atomic E-state index is -0.652. The molecule has 1 aliphatic heterocycles. The Hall–Kier alpha value is -2.04. The number of cyclic esters (lactones) is 1. The minimum Gasteiger partial charge on any atom is -0.493 e. The number of methoxy groups -OCH3 is 2. The molecule has 1 fully saturated rings. The van der Waals surface area contributed by atoms with Crippen molar-refractivity contribution in [2.24, 2.45) is 0 Å². The summed E-state index contributed by atoms with van der Waals surface area (Å²) < 4.78 is 14.9. The lowest BCUT2D eigenvalue weighted by atomic mass is 10.0. The third kappa shape index (κ3) is 2.08. The second-order valence-corrected chi connectivity index (χ2v) is 3.62. The van der Waals surface area contributed by atoms with Crippen molar-refractivity contribution in [3.63, 3.8) is 0 Å². The summed E-state index contributed by atoms with van der Waals surface area (Å²) in [6, 6.07) is 4.84. The zero-order chi connectivity index (χ0) is 12.4. The minimum absolute atomic E-state index is 0.146. The molecule has 1 unspecified atom stereocenters. The van der Waals surface area contributed by atoms with E-state index in [4.69, 9.17) is 14.2 Å². The molecule has 0 saturated carbocycles. The second-order valence-electron chi connectivity index (χ2n) is 3.62. The van der Waals surface area contributed by atoms with Crippen LogP contribution in [0.4, 0.5) is 0 Å². The van der Waals surface area contributed by atoms with Gasteiger partial charge in [0.25, 0.3) is 0 Å². The summed E-state index contributed by atoms with van der Waals surface area (Å²) in [6.07, 6.45) is -0.506. The Bertz CT molecular complexity index is 458. The summed E-state index contributed by atoms with van der Waals surface area (Å²) in [6.45, 7) is 0. The molecule has 1 aromatic rings. The molecule has 0 amide bonds. The first-order chi connectivity index (χ1) is 8.15. The van der Waals surface area contributed by atoms with Gasteiger partial charge in [-0.2, -0.15) is 0 Å². The fourth-order valence-corrected chi connectivity index (χ4v) is 1.62. The summed E-state index contributed by atoms with van der Waals surface area (Å²) in [5.74, 6) is 0.466. The van der Waals surface area contributed by atoms with E-state index in [1.807, 2.05) is 0 Å². The van der Waals surface area contributed by atoms with Gasteiger partial charge in [-0.1, -0.05) is 0 Å². The number of ketones is 1. The highest BCUT2D eigenvalue weighted by Gasteiger charge is 2.35. The van der Waals surface area contributed by atoms with Gasteiger partial charge in [0.15, 0.2) is 17.6 Å². The van der Waals surface area contributed by atoms with Crippen LogP contribution < -0.4 is 9.47 Å². The van der Waals surface area contributed by atoms with Crippen LogP contribution in [0.2, 0.25) is 0 Å². The fraction of sp³-hybridized carbons (Fsp3) is 0.333. The molecule has 1 saturated heterocycles. The Balaban J connectivity index is 2.21. The van der Waals surface area contributed by atoms with Gasteiger partial charge in [-0.15, -0.1) is 0 Å². The molecule has 0 aliphatic carbocycles. The molecule has 90 valence electrons. The van der Waals surface area contributed by atoms with Gasteiger partial charge >= 0.3 is 5.97 Å². The van der Waals surface area contributed by atoms with E-state index < -0.39 is 6.10 Å². The third-order valence-corrected chi connectivity index (χ3v) is 2.59. The summed E-state index contributed by atoms with van der Waals surface area (Å²) in [7, 11) is 3.02. The van der Waals surface area contributed by atoms with Crippen LogP contribution in [0.3, 0.4) is 0 Å². The van der Waals surface area contributed by atoms with E-state index in [1.165, 1.54) is 14.2 Å². The molecule has 0 bridgehead atoms. The van der Waals surface area contributed by atoms with Crippen LogP contribution in [0.5, 0.6) is 11.5 Å². The molecule has 1 heterocycles. The van der Waals surface area contributed by atoms with Crippen LogP contribution in [-0.2, 0) is 9.53 Å². The van der Waals surface area contributed by atoms with E-state index in [2.05, 4.69) is 0 Å². The SMILES string of the molecule is COc1ccc(C(=O)C2CC(=O)O2)cc1OC. The molecule has 1 aromatic carbocycles. The fourth-order valence-electron chi connectivity index (χ4n) is 1.62. The first kappa shape index (κ1) is 11.4. The molecule has 0 spiro atoms. The molecular formula is C12H12O5. The average molecular weight is 236 g/mol. The molecular weight excluding hydrogens is 224 g/mol. The number of benzene rings is 1. The number of carbonyl (C=O) groups is 2. The highest BCUT2D eigenvalue weighted by atomic mass is 16.6. The first-order valence-corrected chi connectivity index (χ1v) is 5.11. The molecule has 2 rings (SSSR count). The van der Waals surface area contributed by atoms with Gasteiger partial charge in [0.1, 0.15) is 0 Å². The van der Waals surface area contributed by atoms with Crippen LogP contribution in [0.25, 0.3) is 0 Å². The molecule has 1 aliphatic rings. The number of hydrogen-bond acceptors (Lipinski definition) is 5. The van der Waals surface area contributed by atoms with Gasteiger partial charge in [-0.25, -0.2) is 0 Å². The maximum Gasteiger partial charge on any atom is 0.310 e. The Morgan fingerprint density at radius 3 is 2.47 bits per heavy atom. The van der Waals surface area contributed by atoms with E-state index in [0.717, 1.165) is 0 Å². The van der Waals surface area contributed by atoms with Crippen molar-refractivity contribution in [3.05, 3.63) is 23.8 Å². The summed E-state index contributed by atoms with van der Waals surface area (Å²) in [5, 5.41) is 0. The predicted molar refractivity (Wildman–Crippen MR) is 58.4 cm³/mol. The number of Topliss-reactive ketones (excluding diaryl/α,β-unsaturated/α-hetero) is 1. The van der Waals surface area contributed by atoms with Crippen molar-refractivity contribution in [1.29, 1.82) is 0 Å². The Morgan fingerprint density at radius 1 is 1.29 bits per heavy atom. The van der Waals surface area contributed by atoms with Gasteiger partial charge in [0.05, 0.1) is 20.6 Å². The zero-order valence-corrected chi connectivity index (χ0v) is 9.56. The molecule has 1 atom stereocenters. The number of ether oxygens (including phenoxy) is 3. The van der Waals surface area contributed by atoms with E-state index in [9.17, 15) is 9.59 Å². The smallest absolute Gasteiger partial charge is 0.310 e. The van der Waals surface area contributed by atoms with Crippen molar-refractivity contribution in [3.8, 4) is 11.5 Å². The zero-order valence-electron chi connectivity index (χ0n) is 9.56. The van der Waals surface area contributed by atoms with E-state index in [-0.39, 0.29) is 18.2 Å². The lowest BCUT2D eigenvalue weighted by molar-refractivity contribution is -0.164. The lowest BCUT2D eigenvalue weighted by Crippen LogP contribution is -2.39. The summed E-state index contributed by atoms with van der Waals surface area (Å²) >= 11 is 0. The van der Waals surface area contributed by atoms with Gasteiger partial charge in [-0.3, -0.25) is 9.59 Å². The molecule has 5 nitrogen and oxygen atoms in total.